The highest BCUT2D eigenvalue weighted by Gasteiger charge is 2.23. The Hall–Kier alpha value is -2.35. The van der Waals surface area contributed by atoms with Crippen molar-refractivity contribution in [3.8, 4) is 0 Å². The number of hydrogen-bond donors (Lipinski definition) is 2. The summed E-state index contributed by atoms with van der Waals surface area (Å²) < 4.78 is 1.91. The van der Waals surface area contributed by atoms with Crippen molar-refractivity contribution >= 4 is 29.3 Å². The van der Waals surface area contributed by atoms with Crippen molar-refractivity contribution in [2.75, 3.05) is 11.1 Å². The molecule has 0 saturated heterocycles. The molecule has 1 aromatic heterocycles. The molecule has 2 atom stereocenters. The van der Waals surface area contributed by atoms with Crippen LogP contribution in [0.15, 0.2) is 23.4 Å². The van der Waals surface area contributed by atoms with Crippen LogP contribution in [0.25, 0.3) is 0 Å². The molecule has 2 N–H and O–H groups in total. The molecule has 168 valence electrons. The van der Waals surface area contributed by atoms with Gasteiger partial charge in [0.05, 0.1) is 12.2 Å². The Morgan fingerprint density at radius 3 is 2.48 bits per heavy atom. The maximum Gasteiger partial charge on any atom is 0.232 e. The average molecular weight is 444 g/mol. The molecule has 0 bridgehead atoms. The molecule has 1 fully saturated rings. The molecule has 3 rings (SSSR count). The van der Waals surface area contributed by atoms with Crippen LogP contribution < -0.4 is 10.6 Å². The molecular weight excluding hydrogens is 410 g/mol. The predicted octanol–water partition coefficient (Wildman–Crippen LogP) is 3.88. The molecule has 1 heterocycles. The van der Waals surface area contributed by atoms with E-state index < -0.39 is 0 Å². The lowest BCUT2D eigenvalue weighted by Gasteiger charge is -2.29. The molecule has 1 aliphatic carbocycles. The van der Waals surface area contributed by atoms with Gasteiger partial charge in [0.15, 0.2) is 5.16 Å². The highest BCUT2D eigenvalue weighted by Crippen LogP contribution is 2.24. The Labute approximate surface area is 188 Å². The number of aromatic nitrogens is 3. The fourth-order valence-corrected chi connectivity index (χ4v) is 5.01. The van der Waals surface area contributed by atoms with Gasteiger partial charge in [-0.1, -0.05) is 37.6 Å². The smallest absolute Gasteiger partial charge is 0.232 e. The fraction of sp³-hybridized carbons (Fsp3) is 0.565. The van der Waals surface area contributed by atoms with Gasteiger partial charge in [0.2, 0.25) is 11.8 Å². The first-order chi connectivity index (χ1) is 14.9. The molecule has 7 nitrogen and oxygen atoms in total. The van der Waals surface area contributed by atoms with Crippen LogP contribution in [0.3, 0.4) is 0 Å². The van der Waals surface area contributed by atoms with Gasteiger partial charge in [0.1, 0.15) is 5.82 Å². The number of rotatable bonds is 8. The second-order valence-corrected chi connectivity index (χ2v) is 9.41. The van der Waals surface area contributed by atoms with Gasteiger partial charge in [-0.3, -0.25) is 9.59 Å². The zero-order valence-corrected chi connectivity index (χ0v) is 19.7. The van der Waals surface area contributed by atoms with E-state index in [4.69, 9.17) is 0 Å². The molecule has 0 aliphatic heterocycles. The first-order valence-corrected chi connectivity index (χ1v) is 12.1. The summed E-state index contributed by atoms with van der Waals surface area (Å²) in [7, 11) is 0. The summed E-state index contributed by atoms with van der Waals surface area (Å²) in [4.78, 5) is 25.0. The van der Waals surface area contributed by atoms with Crippen LogP contribution in [0.1, 0.15) is 56.5 Å². The molecule has 1 saturated carbocycles. The van der Waals surface area contributed by atoms with Crippen molar-refractivity contribution in [2.45, 2.75) is 77.5 Å². The number of nitrogens with zero attached hydrogens (tertiary/aromatic N) is 3. The van der Waals surface area contributed by atoms with E-state index in [0.717, 1.165) is 23.2 Å². The average Bonchev–Trinajstić information content (AvgIpc) is 3.08. The standard InChI is InChI=1S/C23H33N5O2S/c1-5-28-20(13-21(29)24-18-11-15(2)10-16(3)12-18)26-27-23(28)31-14-22(30)25-19-9-7-6-8-17(19)4/h10-12,17,19H,5-9,13-14H2,1-4H3,(H,24,29)(H,25,30)/t17-,19+/m0/s1. The first kappa shape index (κ1) is 23.3. The van der Waals surface area contributed by atoms with Crippen molar-refractivity contribution in [1.29, 1.82) is 0 Å². The lowest BCUT2D eigenvalue weighted by Crippen LogP contribution is -2.41. The van der Waals surface area contributed by atoms with Crippen LogP contribution in [0.5, 0.6) is 0 Å². The Balaban J connectivity index is 1.55. The van der Waals surface area contributed by atoms with E-state index in [1.807, 2.05) is 37.5 Å². The van der Waals surface area contributed by atoms with Crippen molar-refractivity contribution in [1.82, 2.24) is 20.1 Å². The van der Waals surface area contributed by atoms with Gasteiger partial charge in [-0.05, 0) is 62.8 Å². The Morgan fingerprint density at radius 2 is 1.81 bits per heavy atom. The van der Waals surface area contributed by atoms with Crippen molar-refractivity contribution in [3.05, 3.63) is 35.2 Å². The van der Waals surface area contributed by atoms with Crippen molar-refractivity contribution in [3.63, 3.8) is 0 Å². The van der Waals surface area contributed by atoms with Gasteiger partial charge in [-0.2, -0.15) is 0 Å². The third kappa shape index (κ3) is 6.56. The van der Waals surface area contributed by atoms with Crippen LogP contribution in [-0.4, -0.2) is 38.4 Å². The summed E-state index contributed by atoms with van der Waals surface area (Å²) in [5, 5.41) is 15.2. The molecule has 8 heteroatoms. The molecule has 0 spiro atoms. The minimum atomic E-state index is -0.132. The van der Waals surface area contributed by atoms with E-state index in [1.165, 1.54) is 31.0 Å². The molecule has 1 aromatic carbocycles. The predicted molar refractivity (Wildman–Crippen MR) is 124 cm³/mol. The molecular formula is C23H33N5O2S. The molecule has 2 amide bonds. The lowest BCUT2D eigenvalue weighted by atomic mass is 9.86. The third-order valence-electron chi connectivity index (χ3n) is 5.72. The number of benzene rings is 1. The van der Waals surface area contributed by atoms with Gasteiger partial charge >= 0.3 is 0 Å². The summed E-state index contributed by atoms with van der Waals surface area (Å²) in [6, 6.07) is 6.23. The summed E-state index contributed by atoms with van der Waals surface area (Å²) >= 11 is 1.37. The van der Waals surface area contributed by atoms with E-state index in [0.29, 0.717) is 29.2 Å². The number of amides is 2. The van der Waals surface area contributed by atoms with Gasteiger partial charge in [-0.25, -0.2) is 0 Å². The number of thioether (sulfide) groups is 1. The van der Waals surface area contributed by atoms with E-state index in [2.05, 4.69) is 33.8 Å². The highest BCUT2D eigenvalue weighted by atomic mass is 32.2. The molecule has 2 aromatic rings. The number of nitrogens with one attached hydrogen (secondary N) is 2. The van der Waals surface area contributed by atoms with Gasteiger partial charge in [0, 0.05) is 18.3 Å². The summed E-state index contributed by atoms with van der Waals surface area (Å²) in [6.45, 7) is 8.85. The normalized spacial score (nSPS) is 18.6. The second kappa shape index (κ2) is 10.8. The minimum Gasteiger partial charge on any atom is -0.352 e. The molecule has 31 heavy (non-hydrogen) atoms. The van der Waals surface area contributed by atoms with Crippen LogP contribution in [0.4, 0.5) is 5.69 Å². The zero-order chi connectivity index (χ0) is 22.4. The van der Waals surface area contributed by atoms with E-state index in [-0.39, 0.29) is 24.3 Å². The number of aryl methyl sites for hydroxylation is 2. The number of hydrogen-bond acceptors (Lipinski definition) is 5. The van der Waals surface area contributed by atoms with Crippen LogP contribution in [0, 0.1) is 19.8 Å². The van der Waals surface area contributed by atoms with Crippen LogP contribution in [-0.2, 0) is 22.6 Å². The van der Waals surface area contributed by atoms with Crippen LogP contribution in [0.2, 0.25) is 0 Å². The largest absolute Gasteiger partial charge is 0.352 e. The second-order valence-electron chi connectivity index (χ2n) is 8.47. The van der Waals surface area contributed by atoms with Gasteiger partial charge in [-0.15, -0.1) is 10.2 Å². The van der Waals surface area contributed by atoms with E-state index >= 15 is 0 Å². The van der Waals surface area contributed by atoms with E-state index in [1.54, 1.807) is 0 Å². The zero-order valence-electron chi connectivity index (χ0n) is 18.9. The maximum absolute atomic E-state index is 12.5. The Bertz CT molecular complexity index is 906. The topological polar surface area (TPSA) is 88.9 Å². The molecule has 0 radical (unpaired) electrons. The summed E-state index contributed by atoms with van der Waals surface area (Å²) in [5.74, 6) is 1.34. The summed E-state index contributed by atoms with van der Waals surface area (Å²) in [6.07, 6.45) is 4.81. The maximum atomic E-state index is 12.5. The minimum absolute atomic E-state index is 0.0310. The highest BCUT2D eigenvalue weighted by molar-refractivity contribution is 7.99. The first-order valence-electron chi connectivity index (χ1n) is 11.1. The number of carbonyl (C=O) groups is 2. The van der Waals surface area contributed by atoms with Crippen LogP contribution >= 0.6 is 11.8 Å². The quantitative estimate of drug-likeness (QED) is 0.605. The van der Waals surface area contributed by atoms with Gasteiger partial charge < -0.3 is 15.2 Å². The Morgan fingerprint density at radius 1 is 1.10 bits per heavy atom. The fourth-order valence-electron chi connectivity index (χ4n) is 4.18. The number of carbonyl (C=O) groups excluding carboxylic acids is 2. The number of anilines is 1. The van der Waals surface area contributed by atoms with Gasteiger partial charge in [0.25, 0.3) is 0 Å². The van der Waals surface area contributed by atoms with Crippen molar-refractivity contribution < 1.29 is 9.59 Å². The monoisotopic (exact) mass is 443 g/mol. The third-order valence-corrected chi connectivity index (χ3v) is 6.69. The molecule has 1 aliphatic rings. The van der Waals surface area contributed by atoms with Crippen molar-refractivity contribution in [2.24, 2.45) is 5.92 Å². The lowest BCUT2D eigenvalue weighted by molar-refractivity contribution is -0.120. The van der Waals surface area contributed by atoms with E-state index in [9.17, 15) is 9.59 Å². The SMILES string of the molecule is CCn1c(CC(=O)Nc2cc(C)cc(C)c2)nnc1SCC(=O)N[C@@H]1CCCC[C@@H]1C. The Kier molecular flexibility index (Phi) is 8.12. The molecule has 0 unspecified atom stereocenters. The summed E-state index contributed by atoms with van der Waals surface area (Å²) in [5.41, 5.74) is 2.99.